The van der Waals surface area contributed by atoms with Crippen molar-refractivity contribution in [3.05, 3.63) is 41.2 Å². The predicted octanol–water partition coefficient (Wildman–Crippen LogP) is 4.20. The lowest BCUT2D eigenvalue weighted by molar-refractivity contribution is -0.147. The number of aryl methyl sites for hydroxylation is 1. The van der Waals surface area contributed by atoms with E-state index < -0.39 is 0 Å². The fourth-order valence-electron chi connectivity index (χ4n) is 4.40. The molecule has 0 N–H and O–H groups in total. The summed E-state index contributed by atoms with van der Waals surface area (Å²) in [4.78, 5) is 15.1. The van der Waals surface area contributed by atoms with Crippen LogP contribution in [0.4, 0.5) is 4.39 Å². The second-order valence-corrected chi connectivity index (χ2v) is 8.05. The molecular formula is C21H28FNO2. The minimum absolute atomic E-state index is 0.210. The third-order valence-electron chi connectivity index (χ3n) is 5.74. The third-order valence-corrected chi connectivity index (χ3v) is 5.74. The van der Waals surface area contributed by atoms with Crippen molar-refractivity contribution >= 4 is 11.5 Å². The Morgan fingerprint density at radius 2 is 1.96 bits per heavy atom. The van der Waals surface area contributed by atoms with E-state index in [0.717, 1.165) is 30.6 Å². The Bertz CT molecular complexity index is 689. The molecule has 3 rings (SSSR count). The Morgan fingerprint density at radius 3 is 2.56 bits per heavy atom. The number of esters is 1. The molecular weight excluding hydrogens is 317 g/mol. The molecule has 0 radical (unpaired) electrons. The Morgan fingerprint density at radius 1 is 1.28 bits per heavy atom. The smallest absolute Gasteiger partial charge is 0.313 e. The first kappa shape index (κ1) is 18.1. The molecule has 1 heterocycles. The van der Waals surface area contributed by atoms with Crippen molar-refractivity contribution in [3.63, 3.8) is 0 Å². The maximum Gasteiger partial charge on any atom is 0.313 e. The number of rotatable bonds is 3. The summed E-state index contributed by atoms with van der Waals surface area (Å²) < 4.78 is 18.9. The Labute approximate surface area is 149 Å². The summed E-state index contributed by atoms with van der Waals surface area (Å²) in [6, 6.07) is 5.44. The highest BCUT2D eigenvalue weighted by atomic mass is 19.1. The number of likely N-dealkylation sites (tertiary alicyclic amines) is 1. The number of hydrogen-bond donors (Lipinski definition) is 0. The zero-order valence-corrected chi connectivity index (χ0v) is 15.6. The molecule has 1 fully saturated rings. The highest BCUT2D eigenvalue weighted by Gasteiger charge is 2.45. The largest absolute Gasteiger partial charge is 0.469 e. The Balaban J connectivity index is 2.08. The number of carbonyl (C=O) groups excluding carboxylic acids is 1. The van der Waals surface area contributed by atoms with Crippen LogP contribution in [0, 0.1) is 24.1 Å². The van der Waals surface area contributed by atoms with E-state index in [9.17, 15) is 9.18 Å². The minimum atomic E-state index is -0.332. The average molecular weight is 345 g/mol. The normalized spacial score (nSPS) is 26.4. The van der Waals surface area contributed by atoms with E-state index in [1.807, 2.05) is 6.07 Å². The number of benzene rings is 1. The summed E-state index contributed by atoms with van der Waals surface area (Å²) in [5.74, 6) is -0.760. The first-order chi connectivity index (χ1) is 11.8. The second-order valence-electron chi connectivity index (χ2n) is 8.05. The SMILES string of the molecule is COC(=O)C1C(c2ccc(F)c(C)c2)=CC(N2CCCC2)CC1(C)C. The van der Waals surface area contributed by atoms with E-state index in [0.29, 0.717) is 11.6 Å². The molecule has 0 spiro atoms. The van der Waals surface area contributed by atoms with Gasteiger partial charge in [0, 0.05) is 6.04 Å². The van der Waals surface area contributed by atoms with Gasteiger partial charge in [0.15, 0.2) is 0 Å². The summed E-state index contributed by atoms with van der Waals surface area (Å²) >= 11 is 0. The van der Waals surface area contributed by atoms with Crippen LogP contribution >= 0.6 is 0 Å². The van der Waals surface area contributed by atoms with E-state index in [1.165, 1.54) is 26.0 Å². The zero-order valence-electron chi connectivity index (χ0n) is 15.6. The second kappa shape index (κ2) is 6.91. The molecule has 1 aliphatic carbocycles. The molecule has 2 unspecified atom stereocenters. The van der Waals surface area contributed by atoms with Crippen LogP contribution in [0.5, 0.6) is 0 Å². The van der Waals surface area contributed by atoms with Crippen molar-refractivity contribution in [1.82, 2.24) is 4.90 Å². The molecule has 136 valence electrons. The van der Waals surface area contributed by atoms with Gasteiger partial charge in [-0.1, -0.05) is 26.0 Å². The van der Waals surface area contributed by atoms with Gasteiger partial charge in [-0.25, -0.2) is 4.39 Å². The van der Waals surface area contributed by atoms with Gasteiger partial charge in [-0.3, -0.25) is 9.69 Å². The summed E-state index contributed by atoms with van der Waals surface area (Å²) in [7, 11) is 1.44. The van der Waals surface area contributed by atoms with Crippen molar-refractivity contribution in [3.8, 4) is 0 Å². The molecule has 1 aliphatic heterocycles. The van der Waals surface area contributed by atoms with Gasteiger partial charge in [0.1, 0.15) is 5.82 Å². The fraction of sp³-hybridized carbons (Fsp3) is 0.571. The first-order valence-electron chi connectivity index (χ1n) is 9.13. The Kier molecular flexibility index (Phi) is 5.01. The Hall–Kier alpha value is -1.68. The van der Waals surface area contributed by atoms with Crippen molar-refractivity contribution in [2.24, 2.45) is 11.3 Å². The molecule has 2 atom stereocenters. The molecule has 1 aromatic carbocycles. The van der Waals surface area contributed by atoms with Crippen molar-refractivity contribution in [2.75, 3.05) is 20.2 Å². The lowest BCUT2D eigenvalue weighted by Gasteiger charge is -2.43. The fourth-order valence-corrected chi connectivity index (χ4v) is 4.40. The molecule has 1 aromatic rings. The summed E-state index contributed by atoms with van der Waals surface area (Å²) in [5.41, 5.74) is 2.28. The number of halogens is 1. The molecule has 25 heavy (non-hydrogen) atoms. The average Bonchev–Trinajstić information content (AvgIpc) is 3.09. The van der Waals surface area contributed by atoms with Gasteiger partial charge in [0.25, 0.3) is 0 Å². The lowest BCUT2D eigenvalue weighted by Crippen LogP contribution is -2.44. The van der Waals surface area contributed by atoms with Gasteiger partial charge in [-0.15, -0.1) is 0 Å². The summed E-state index contributed by atoms with van der Waals surface area (Å²) in [6.07, 6.45) is 5.62. The molecule has 0 bridgehead atoms. The van der Waals surface area contributed by atoms with E-state index >= 15 is 0 Å². The molecule has 1 saturated heterocycles. The van der Waals surface area contributed by atoms with Crippen molar-refractivity contribution in [2.45, 2.75) is 46.1 Å². The number of hydrogen-bond acceptors (Lipinski definition) is 3. The highest BCUT2D eigenvalue weighted by Crippen LogP contribution is 2.47. The number of ether oxygens (including phenoxy) is 1. The number of carbonyl (C=O) groups is 1. The third kappa shape index (κ3) is 3.50. The first-order valence-corrected chi connectivity index (χ1v) is 9.13. The molecule has 4 heteroatoms. The summed E-state index contributed by atoms with van der Waals surface area (Å²) in [6.45, 7) is 8.26. The van der Waals surface area contributed by atoms with Gasteiger partial charge < -0.3 is 4.74 Å². The van der Waals surface area contributed by atoms with E-state index in [2.05, 4.69) is 24.8 Å². The molecule has 0 amide bonds. The van der Waals surface area contributed by atoms with Crippen LogP contribution in [-0.2, 0) is 9.53 Å². The molecule has 0 aromatic heterocycles. The van der Waals surface area contributed by atoms with Crippen LogP contribution in [-0.4, -0.2) is 37.1 Å². The van der Waals surface area contributed by atoms with Crippen molar-refractivity contribution < 1.29 is 13.9 Å². The van der Waals surface area contributed by atoms with Gasteiger partial charge in [0.05, 0.1) is 13.0 Å². The van der Waals surface area contributed by atoms with Gasteiger partial charge in [-0.2, -0.15) is 0 Å². The maximum atomic E-state index is 13.7. The van der Waals surface area contributed by atoms with Gasteiger partial charge in [0.2, 0.25) is 0 Å². The van der Waals surface area contributed by atoms with E-state index in [1.54, 1.807) is 13.0 Å². The topological polar surface area (TPSA) is 29.5 Å². The van der Waals surface area contributed by atoms with Crippen LogP contribution in [0.3, 0.4) is 0 Å². The van der Waals surface area contributed by atoms with E-state index in [4.69, 9.17) is 4.74 Å². The highest BCUT2D eigenvalue weighted by molar-refractivity contribution is 5.90. The minimum Gasteiger partial charge on any atom is -0.469 e. The molecule has 0 saturated carbocycles. The number of nitrogens with zero attached hydrogens (tertiary/aromatic N) is 1. The van der Waals surface area contributed by atoms with Crippen LogP contribution in [0.25, 0.3) is 5.57 Å². The van der Waals surface area contributed by atoms with E-state index in [-0.39, 0.29) is 23.1 Å². The molecule has 3 nitrogen and oxygen atoms in total. The lowest BCUT2D eigenvalue weighted by atomic mass is 9.65. The van der Waals surface area contributed by atoms with Crippen LogP contribution in [0.1, 0.15) is 44.2 Å². The monoisotopic (exact) mass is 345 g/mol. The van der Waals surface area contributed by atoms with Crippen LogP contribution in [0.15, 0.2) is 24.3 Å². The predicted molar refractivity (Wildman–Crippen MR) is 97.6 cm³/mol. The van der Waals surface area contributed by atoms with Crippen LogP contribution in [0.2, 0.25) is 0 Å². The standard InChI is InChI=1S/C21H28FNO2/c1-14-11-15(7-8-18(14)22)17-12-16(23-9-5-6-10-23)13-21(2,3)19(17)20(24)25-4/h7-8,11-12,16,19H,5-6,9-10,13H2,1-4H3. The van der Waals surface area contributed by atoms with Gasteiger partial charge in [-0.05, 0) is 73.5 Å². The molecule has 2 aliphatic rings. The quantitative estimate of drug-likeness (QED) is 0.769. The maximum absolute atomic E-state index is 13.7. The van der Waals surface area contributed by atoms with Crippen LogP contribution < -0.4 is 0 Å². The summed E-state index contributed by atoms with van der Waals surface area (Å²) in [5, 5.41) is 0. The van der Waals surface area contributed by atoms with Crippen molar-refractivity contribution in [1.29, 1.82) is 0 Å². The number of methoxy groups -OCH3 is 1. The van der Waals surface area contributed by atoms with Gasteiger partial charge >= 0.3 is 5.97 Å². The zero-order chi connectivity index (χ0) is 18.2.